The molecule has 6 nitrogen and oxygen atoms in total. The number of hydrogen-bond donors (Lipinski definition) is 1. The number of aryl methyl sites for hydroxylation is 1. The Balaban J connectivity index is 2.05. The van der Waals surface area contributed by atoms with Gasteiger partial charge in [-0.3, -0.25) is 0 Å². The zero-order chi connectivity index (χ0) is 15.7. The van der Waals surface area contributed by atoms with E-state index >= 15 is 0 Å². The van der Waals surface area contributed by atoms with Gasteiger partial charge in [-0.1, -0.05) is 0 Å². The summed E-state index contributed by atoms with van der Waals surface area (Å²) in [5, 5.41) is 13.0. The molecule has 0 saturated heterocycles. The highest BCUT2D eigenvalue weighted by atomic mass is 16.5. The minimum absolute atomic E-state index is 0.0144. The van der Waals surface area contributed by atoms with Crippen LogP contribution in [0.2, 0.25) is 0 Å². The molecule has 0 fully saturated rings. The number of aromatic nitrogens is 3. The lowest BCUT2D eigenvalue weighted by Crippen LogP contribution is -2.00. The van der Waals surface area contributed by atoms with Crippen molar-refractivity contribution in [1.82, 2.24) is 14.6 Å². The van der Waals surface area contributed by atoms with Gasteiger partial charge in [0.05, 0.1) is 12.3 Å². The van der Waals surface area contributed by atoms with E-state index in [9.17, 15) is 4.79 Å². The topological polar surface area (TPSA) is 76.7 Å². The molecule has 0 bridgehead atoms. The van der Waals surface area contributed by atoms with Gasteiger partial charge >= 0.3 is 5.97 Å². The zero-order valence-corrected chi connectivity index (χ0v) is 12.3. The van der Waals surface area contributed by atoms with Gasteiger partial charge < -0.3 is 9.84 Å². The van der Waals surface area contributed by atoms with Crippen LogP contribution >= 0.6 is 0 Å². The first-order chi connectivity index (χ1) is 10.6. The van der Waals surface area contributed by atoms with Gasteiger partial charge in [-0.15, -0.1) is 0 Å². The number of carbonyl (C=O) groups is 1. The van der Waals surface area contributed by atoms with Crippen LogP contribution in [0.1, 0.15) is 23.1 Å². The summed E-state index contributed by atoms with van der Waals surface area (Å²) in [6.45, 7) is 4.42. The van der Waals surface area contributed by atoms with Crippen LogP contribution in [-0.2, 0) is 0 Å². The molecule has 112 valence electrons. The third-order valence-electron chi connectivity index (χ3n) is 3.29. The number of fused-ring (bicyclic) bond motifs is 1. The summed E-state index contributed by atoms with van der Waals surface area (Å²) < 4.78 is 6.95. The maximum Gasteiger partial charge on any atom is 0.356 e. The summed E-state index contributed by atoms with van der Waals surface area (Å²) >= 11 is 0. The summed E-state index contributed by atoms with van der Waals surface area (Å²) in [5.41, 5.74) is 3.03. The van der Waals surface area contributed by atoms with Crippen LogP contribution in [0.3, 0.4) is 0 Å². The maximum atomic E-state index is 11.0. The molecule has 2 heterocycles. The van der Waals surface area contributed by atoms with Crippen molar-refractivity contribution in [2.75, 3.05) is 6.61 Å². The predicted octanol–water partition coefficient (Wildman–Crippen LogP) is 2.80. The normalized spacial score (nSPS) is 10.8. The van der Waals surface area contributed by atoms with Crippen LogP contribution in [0.15, 0.2) is 36.4 Å². The first-order valence-electron chi connectivity index (χ1n) is 6.92. The van der Waals surface area contributed by atoms with Crippen LogP contribution in [0, 0.1) is 6.92 Å². The lowest BCUT2D eigenvalue weighted by atomic mass is 10.1. The summed E-state index contributed by atoms with van der Waals surface area (Å²) in [6, 6.07) is 11.0. The Hall–Kier alpha value is -2.89. The van der Waals surface area contributed by atoms with Crippen molar-refractivity contribution in [2.24, 2.45) is 0 Å². The molecule has 0 spiro atoms. The molecule has 3 aromatic rings. The van der Waals surface area contributed by atoms with E-state index in [0.717, 1.165) is 22.7 Å². The van der Waals surface area contributed by atoms with Crippen molar-refractivity contribution in [3.8, 4) is 17.0 Å². The minimum atomic E-state index is -1.06. The van der Waals surface area contributed by atoms with Crippen molar-refractivity contribution in [1.29, 1.82) is 0 Å². The van der Waals surface area contributed by atoms with Gasteiger partial charge in [-0.25, -0.2) is 14.3 Å². The van der Waals surface area contributed by atoms with Gasteiger partial charge in [0.25, 0.3) is 0 Å². The van der Waals surface area contributed by atoms with Crippen LogP contribution in [-0.4, -0.2) is 32.3 Å². The second-order valence-corrected chi connectivity index (χ2v) is 4.84. The Bertz CT molecular complexity index is 838. The molecule has 0 aliphatic carbocycles. The summed E-state index contributed by atoms with van der Waals surface area (Å²) in [6.07, 6.45) is 0. The number of benzene rings is 1. The third-order valence-corrected chi connectivity index (χ3v) is 3.29. The Morgan fingerprint density at radius 2 is 2.00 bits per heavy atom. The van der Waals surface area contributed by atoms with Crippen molar-refractivity contribution in [3.63, 3.8) is 0 Å². The van der Waals surface area contributed by atoms with Crippen LogP contribution in [0.25, 0.3) is 16.9 Å². The monoisotopic (exact) mass is 297 g/mol. The van der Waals surface area contributed by atoms with E-state index in [4.69, 9.17) is 9.84 Å². The van der Waals surface area contributed by atoms with E-state index in [1.165, 1.54) is 10.6 Å². The Morgan fingerprint density at radius 1 is 1.27 bits per heavy atom. The maximum absolute atomic E-state index is 11.0. The fraction of sp³-hybridized carbons (Fsp3) is 0.188. The number of rotatable bonds is 4. The molecule has 6 heteroatoms. The number of carboxylic acids is 1. The van der Waals surface area contributed by atoms with Gasteiger partial charge in [0, 0.05) is 17.3 Å². The van der Waals surface area contributed by atoms with Gasteiger partial charge in [0.1, 0.15) is 5.75 Å². The van der Waals surface area contributed by atoms with Crippen LogP contribution < -0.4 is 4.74 Å². The average Bonchev–Trinajstić information content (AvgIpc) is 2.93. The largest absolute Gasteiger partial charge is 0.494 e. The van der Waals surface area contributed by atoms with Gasteiger partial charge in [-0.05, 0) is 44.2 Å². The number of ether oxygens (including phenoxy) is 1. The second kappa shape index (κ2) is 5.48. The fourth-order valence-corrected chi connectivity index (χ4v) is 2.27. The number of aromatic carboxylic acids is 1. The van der Waals surface area contributed by atoms with Crippen LogP contribution in [0.4, 0.5) is 0 Å². The average molecular weight is 297 g/mol. The van der Waals surface area contributed by atoms with E-state index in [1.807, 2.05) is 44.2 Å². The van der Waals surface area contributed by atoms with Crippen molar-refractivity contribution in [3.05, 3.63) is 47.8 Å². The highest BCUT2D eigenvalue weighted by Crippen LogP contribution is 2.22. The lowest BCUT2D eigenvalue weighted by molar-refractivity contribution is 0.0690. The summed E-state index contributed by atoms with van der Waals surface area (Å²) in [5.74, 6) is -0.255. The van der Waals surface area contributed by atoms with Crippen LogP contribution in [0.5, 0.6) is 5.75 Å². The molecule has 3 rings (SSSR count). The van der Waals surface area contributed by atoms with E-state index in [0.29, 0.717) is 12.3 Å². The third kappa shape index (κ3) is 2.50. The molecular formula is C16H15N3O3. The molecule has 0 saturated carbocycles. The molecular weight excluding hydrogens is 282 g/mol. The molecule has 0 amide bonds. The molecule has 0 unspecified atom stereocenters. The molecule has 2 aromatic heterocycles. The molecule has 0 aliphatic rings. The molecule has 0 radical (unpaired) electrons. The standard InChI is InChI=1S/C16H15N3O3/c1-3-22-12-6-4-11(5-7-12)13-8-10(2)19-15(17-13)9-14(18-19)16(20)21/h4-9H,3H2,1-2H3,(H,20,21). The van der Waals surface area contributed by atoms with E-state index in [-0.39, 0.29) is 5.69 Å². The van der Waals surface area contributed by atoms with E-state index < -0.39 is 5.97 Å². The number of nitrogens with zero attached hydrogens (tertiary/aromatic N) is 3. The first kappa shape index (κ1) is 14.1. The van der Waals surface area contributed by atoms with Crippen molar-refractivity contribution < 1.29 is 14.6 Å². The Morgan fingerprint density at radius 3 is 2.64 bits per heavy atom. The lowest BCUT2D eigenvalue weighted by Gasteiger charge is -2.06. The zero-order valence-electron chi connectivity index (χ0n) is 12.3. The molecule has 0 aliphatic heterocycles. The number of carboxylic acid groups (broad SMARTS) is 1. The molecule has 1 N–H and O–H groups in total. The van der Waals surface area contributed by atoms with Crippen molar-refractivity contribution >= 4 is 11.6 Å². The molecule has 1 aromatic carbocycles. The SMILES string of the molecule is CCOc1ccc(-c2cc(C)n3nc(C(=O)O)cc3n2)cc1. The van der Waals surface area contributed by atoms with Gasteiger partial charge in [0.15, 0.2) is 11.3 Å². The first-order valence-corrected chi connectivity index (χ1v) is 6.92. The van der Waals surface area contributed by atoms with Gasteiger partial charge in [0.2, 0.25) is 0 Å². The van der Waals surface area contributed by atoms with Gasteiger partial charge in [-0.2, -0.15) is 5.10 Å². The Kier molecular flexibility index (Phi) is 3.50. The second-order valence-electron chi connectivity index (χ2n) is 4.84. The van der Waals surface area contributed by atoms with E-state index in [1.54, 1.807) is 0 Å². The predicted molar refractivity (Wildman–Crippen MR) is 81.3 cm³/mol. The smallest absolute Gasteiger partial charge is 0.356 e. The summed E-state index contributed by atoms with van der Waals surface area (Å²) in [7, 11) is 0. The minimum Gasteiger partial charge on any atom is -0.494 e. The Labute approximate surface area is 127 Å². The highest BCUT2D eigenvalue weighted by molar-refractivity contribution is 5.86. The molecule has 22 heavy (non-hydrogen) atoms. The number of hydrogen-bond acceptors (Lipinski definition) is 4. The fourth-order valence-electron chi connectivity index (χ4n) is 2.27. The quantitative estimate of drug-likeness (QED) is 0.801. The summed E-state index contributed by atoms with van der Waals surface area (Å²) in [4.78, 5) is 15.5. The molecule has 0 atom stereocenters. The van der Waals surface area contributed by atoms with E-state index in [2.05, 4.69) is 10.1 Å². The highest BCUT2D eigenvalue weighted by Gasteiger charge is 2.12. The van der Waals surface area contributed by atoms with Crippen molar-refractivity contribution in [2.45, 2.75) is 13.8 Å².